The molecule has 0 bridgehead atoms. The number of carboxylic acids is 2. The summed E-state index contributed by atoms with van der Waals surface area (Å²) >= 11 is 0. The average molecular weight is 360 g/mol. The highest BCUT2D eigenvalue weighted by atomic mass is 16.5. The number of ether oxygens (including phenoxy) is 1. The molecule has 0 spiro atoms. The third-order valence-electron chi connectivity index (χ3n) is 4.40. The number of carboxylic acid groups (broad SMARTS) is 2. The van der Waals surface area contributed by atoms with Crippen LogP contribution < -0.4 is 10.5 Å². The van der Waals surface area contributed by atoms with Gasteiger partial charge in [0.05, 0.1) is 7.11 Å². The number of hydrogen-bond donors (Lipinski definition) is 3. The molecule has 7 nitrogen and oxygen atoms in total. The minimum atomic E-state index is -1.26. The van der Waals surface area contributed by atoms with Gasteiger partial charge in [0.25, 0.3) is 0 Å². The molecule has 1 atom stereocenters. The summed E-state index contributed by atoms with van der Waals surface area (Å²) in [4.78, 5) is 19.1. The molecule has 1 aromatic carbocycles. The Kier molecular flexibility index (Phi) is 6.41. The Balaban J connectivity index is 0.000000260. The lowest BCUT2D eigenvalue weighted by Gasteiger charge is -2.10. The minimum absolute atomic E-state index is 0.133. The van der Waals surface area contributed by atoms with Crippen molar-refractivity contribution in [2.24, 2.45) is 5.73 Å². The fraction of sp³-hybridized carbons (Fsp3) is 0.368. The molecular formula is C19H24N2O5. The molecule has 3 rings (SSSR count). The topological polar surface area (TPSA) is 115 Å². The molecule has 1 aliphatic rings. The highest BCUT2D eigenvalue weighted by Gasteiger charge is 2.24. The first-order valence-corrected chi connectivity index (χ1v) is 8.47. The molecule has 4 N–H and O–H groups in total. The van der Waals surface area contributed by atoms with Crippen LogP contribution in [-0.4, -0.2) is 33.8 Å². The fourth-order valence-electron chi connectivity index (χ4n) is 3.23. The van der Waals surface area contributed by atoms with Crippen molar-refractivity contribution in [3.8, 4) is 5.75 Å². The van der Waals surface area contributed by atoms with Crippen LogP contribution in [0.25, 0.3) is 10.9 Å². The Morgan fingerprint density at radius 2 is 1.96 bits per heavy atom. The predicted molar refractivity (Wildman–Crippen MR) is 98.4 cm³/mol. The molecule has 1 unspecified atom stereocenters. The van der Waals surface area contributed by atoms with Crippen LogP contribution in [-0.2, 0) is 22.6 Å². The van der Waals surface area contributed by atoms with Crippen LogP contribution >= 0.6 is 0 Å². The van der Waals surface area contributed by atoms with Crippen molar-refractivity contribution in [3.63, 3.8) is 0 Å². The van der Waals surface area contributed by atoms with Crippen molar-refractivity contribution >= 4 is 22.8 Å². The largest absolute Gasteiger partial charge is 0.497 e. The van der Waals surface area contributed by atoms with Crippen LogP contribution in [0.3, 0.4) is 0 Å². The molecule has 7 heteroatoms. The molecule has 0 fully saturated rings. The molecule has 0 aliphatic carbocycles. The number of benzene rings is 1. The average Bonchev–Trinajstić information content (AvgIpc) is 3.19. The Labute approximate surface area is 151 Å². The zero-order valence-electron chi connectivity index (χ0n) is 14.9. The first kappa shape index (κ1) is 19.5. The van der Waals surface area contributed by atoms with Crippen LogP contribution in [0.4, 0.5) is 0 Å². The smallest absolute Gasteiger partial charge is 0.328 e. The Hall–Kier alpha value is -2.80. The van der Waals surface area contributed by atoms with E-state index in [1.54, 1.807) is 7.11 Å². The zero-order chi connectivity index (χ0) is 19.3. The summed E-state index contributed by atoms with van der Waals surface area (Å²) in [5.74, 6) is -1.60. The molecule has 0 saturated heterocycles. The number of aliphatic carboxylic acids is 2. The quantitative estimate of drug-likeness (QED) is 0.706. The second-order valence-corrected chi connectivity index (χ2v) is 6.02. The number of aromatic nitrogens is 1. The van der Waals surface area contributed by atoms with E-state index in [9.17, 15) is 9.59 Å². The van der Waals surface area contributed by atoms with Gasteiger partial charge in [0.2, 0.25) is 0 Å². The summed E-state index contributed by atoms with van der Waals surface area (Å²) in [6.07, 6.45) is 4.48. The number of aryl methyl sites for hydroxylation is 1. The number of hydrogen-bond acceptors (Lipinski definition) is 4. The number of nitrogens with two attached hydrogens (primary N) is 1. The summed E-state index contributed by atoms with van der Waals surface area (Å²) in [7, 11) is 1.71. The SMILES string of the molecule is CCC(N)c1c2n(c3ccc(OC)cc13)CCC2.O=C(O)/C=C/C(=O)O. The standard InChI is InChI=1S/C15H20N2O.C4H4O4/c1-3-12(16)15-11-9-10(18-2)6-7-13(11)17-8-4-5-14(15)17;5-3(6)1-2-4(7)8/h6-7,9,12H,3-5,8,16H2,1-2H3;1-2H,(H,5,6)(H,7,8)/b;2-1+. The van der Waals surface area contributed by atoms with Crippen molar-refractivity contribution in [1.82, 2.24) is 4.57 Å². The third kappa shape index (κ3) is 4.23. The second-order valence-electron chi connectivity index (χ2n) is 6.02. The zero-order valence-corrected chi connectivity index (χ0v) is 14.9. The summed E-state index contributed by atoms with van der Waals surface area (Å²) in [6, 6.07) is 6.46. The van der Waals surface area contributed by atoms with Gasteiger partial charge in [0.15, 0.2) is 0 Å². The second kappa shape index (κ2) is 8.53. The molecule has 1 aromatic heterocycles. The number of fused-ring (bicyclic) bond motifs is 3. The van der Waals surface area contributed by atoms with E-state index in [4.69, 9.17) is 20.7 Å². The highest BCUT2D eigenvalue weighted by molar-refractivity contribution is 5.89. The molecule has 1 aliphatic heterocycles. The van der Waals surface area contributed by atoms with Crippen molar-refractivity contribution in [1.29, 1.82) is 0 Å². The maximum Gasteiger partial charge on any atom is 0.328 e. The van der Waals surface area contributed by atoms with E-state index < -0.39 is 11.9 Å². The monoisotopic (exact) mass is 360 g/mol. The number of nitrogens with zero attached hydrogens (tertiary/aromatic N) is 1. The molecular weight excluding hydrogens is 336 g/mol. The van der Waals surface area contributed by atoms with E-state index in [2.05, 4.69) is 23.6 Å². The van der Waals surface area contributed by atoms with Gasteiger partial charge in [0.1, 0.15) is 5.75 Å². The van der Waals surface area contributed by atoms with Gasteiger partial charge in [-0.2, -0.15) is 0 Å². The van der Waals surface area contributed by atoms with Crippen molar-refractivity contribution in [2.45, 2.75) is 38.8 Å². The maximum atomic E-state index is 9.55. The van der Waals surface area contributed by atoms with Crippen LogP contribution in [0, 0.1) is 0 Å². The van der Waals surface area contributed by atoms with E-state index in [-0.39, 0.29) is 6.04 Å². The Bertz CT molecular complexity index is 822. The molecule has 2 aromatic rings. The van der Waals surface area contributed by atoms with Gasteiger partial charge in [-0.15, -0.1) is 0 Å². The Morgan fingerprint density at radius 1 is 1.31 bits per heavy atom. The van der Waals surface area contributed by atoms with E-state index in [1.165, 1.54) is 28.6 Å². The van der Waals surface area contributed by atoms with Gasteiger partial charge in [-0.1, -0.05) is 6.92 Å². The molecule has 0 radical (unpaired) electrons. The first-order chi connectivity index (χ1) is 12.4. The van der Waals surface area contributed by atoms with Crippen LogP contribution in [0.1, 0.15) is 37.1 Å². The van der Waals surface area contributed by atoms with E-state index in [0.717, 1.165) is 25.1 Å². The predicted octanol–water partition coefficient (Wildman–Crippen LogP) is 2.72. The lowest BCUT2D eigenvalue weighted by Crippen LogP contribution is -2.10. The van der Waals surface area contributed by atoms with Gasteiger partial charge in [0, 0.05) is 41.3 Å². The summed E-state index contributed by atoms with van der Waals surface area (Å²) in [5, 5.41) is 16.9. The lowest BCUT2D eigenvalue weighted by atomic mass is 10.00. The van der Waals surface area contributed by atoms with E-state index >= 15 is 0 Å². The molecule has 0 saturated carbocycles. The molecule has 2 heterocycles. The summed E-state index contributed by atoms with van der Waals surface area (Å²) in [5.41, 5.74) is 10.4. The maximum absolute atomic E-state index is 9.55. The van der Waals surface area contributed by atoms with Gasteiger partial charge in [-0.25, -0.2) is 9.59 Å². The fourth-order valence-corrected chi connectivity index (χ4v) is 3.23. The van der Waals surface area contributed by atoms with Crippen molar-refractivity contribution in [3.05, 3.63) is 41.6 Å². The molecule has 140 valence electrons. The molecule has 26 heavy (non-hydrogen) atoms. The highest BCUT2D eigenvalue weighted by Crippen LogP contribution is 2.37. The first-order valence-electron chi connectivity index (χ1n) is 8.47. The lowest BCUT2D eigenvalue weighted by molar-refractivity contribution is -0.134. The van der Waals surface area contributed by atoms with E-state index in [0.29, 0.717) is 12.2 Å². The summed E-state index contributed by atoms with van der Waals surface area (Å²) < 4.78 is 7.77. The van der Waals surface area contributed by atoms with Crippen molar-refractivity contribution in [2.75, 3.05) is 7.11 Å². The van der Waals surface area contributed by atoms with Gasteiger partial charge in [-0.05, 0) is 43.0 Å². The summed E-state index contributed by atoms with van der Waals surface area (Å²) in [6.45, 7) is 3.27. The minimum Gasteiger partial charge on any atom is -0.497 e. The van der Waals surface area contributed by atoms with Gasteiger partial charge < -0.3 is 25.3 Å². The van der Waals surface area contributed by atoms with Crippen LogP contribution in [0.15, 0.2) is 30.4 Å². The molecule has 0 amide bonds. The Morgan fingerprint density at radius 3 is 2.50 bits per heavy atom. The van der Waals surface area contributed by atoms with Gasteiger partial charge >= 0.3 is 11.9 Å². The van der Waals surface area contributed by atoms with Crippen LogP contribution in [0.5, 0.6) is 5.75 Å². The third-order valence-corrected chi connectivity index (χ3v) is 4.40. The number of rotatable bonds is 5. The van der Waals surface area contributed by atoms with Crippen LogP contribution in [0.2, 0.25) is 0 Å². The normalized spacial score (nSPS) is 14.0. The van der Waals surface area contributed by atoms with Gasteiger partial charge in [-0.3, -0.25) is 0 Å². The number of carbonyl (C=O) groups is 2. The van der Waals surface area contributed by atoms with E-state index in [1.807, 2.05) is 6.07 Å². The number of methoxy groups -OCH3 is 1. The van der Waals surface area contributed by atoms with Crippen molar-refractivity contribution < 1.29 is 24.5 Å².